The highest BCUT2D eigenvalue weighted by Crippen LogP contribution is 2.30. The Morgan fingerprint density at radius 2 is 1.77 bits per heavy atom. The number of rotatable bonds is 9. The fourth-order valence-corrected chi connectivity index (χ4v) is 3.48. The van der Waals surface area contributed by atoms with Gasteiger partial charge in [0.2, 0.25) is 0 Å². The SMILES string of the molecule is CC1=C(CN(Cc2ccccc2C)CC(O)COc2ccc(C(F)(F)F)cc2)CC=N1. The van der Waals surface area contributed by atoms with Gasteiger partial charge in [0, 0.05) is 38.0 Å². The molecule has 0 bridgehead atoms. The first-order valence-corrected chi connectivity index (χ1v) is 10.2. The molecule has 7 heteroatoms. The number of nitrogens with zero attached hydrogens (tertiary/aromatic N) is 2. The zero-order valence-corrected chi connectivity index (χ0v) is 17.7. The van der Waals surface area contributed by atoms with Crippen molar-refractivity contribution < 1.29 is 23.0 Å². The summed E-state index contributed by atoms with van der Waals surface area (Å²) in [6.45, 7) is 5.74. The van der Waals surface area contributed by atoms with E-state index in [9.17, 15) is 18.3 Å². The fraction of sp³-hybridized carbons (Fsp3) is 0.375. The summed E-state index contributed by atoms with van der Waals surface area (Å²) in [5.74, 6) is 0.292. The zero-order chi connectivity index (χ0) is 22.4. The molecule has 2 aromatic carbocycles. The number of allylic oxidation sites excluding steroid dienone is 1. The summed E-state index contributed by atoms with van der Waals surface area (Å²) in [5, 5.41) is 10.6. The van der Waals surface area contributed by atoms with Crippen LogP contribution in [-0.4, -0.2) is 42.0 Å². The van der Waals surface area contributed by atoms with E-state index in [1.165, 1.54) is 28.8 Å². The summed E-state index contributed by atoms with van der Waals surface area (Å²) < 4.78 is 43.6. The first kappa shape index (κ1) is 23.0. The number of halogens is 3. The van der Waals surface area contributed by atoms with Crippen LogP contribution in [0.15, 0.2) is 64.8 Å². The predicted molar refractivity (Wildman–Crippen MR) is 115 cm³/mol. The second-order valence-corrected chi connectivity index (χ2v) is 7.79. The van der Waals surface area contributed by atoms with Gasteiger partial charge >= 0.3 is 6.18 Å². The van der Waals surface area contributed by atoms with Crippen LogP contribution in [0.5, 0.6) is 5.75 Å². The smallest absolute Gasteiger partial charge is 0.416 e. The third-order valence-electron chi connectivity index (χ3n) is 5.30. The van der Waals surface area contributed by atoms with Crippen LogP contribution < -0.4 is 4.74 Å². The van der Waals surface area contributed by atoms with Crippen LogP contribution in [0.25, 0.3) is 0 Å². The monoisotopic (exact) mass is 432 g/mol. The largest absolute Gasteiger partial charge is 0.491 e. The molecule has 166 valence electrons. The number of aliphatic hydroxyl groups is 1. The standard InChI is InChI=1S/C24H27F3N2O2/c1-17-5-3-4-6-19(17)13-29(14-20-11-12-28-18(20)2)15-22(30)16-31-23-9-7-21(8-10-23)24(25,26)27/h3-10,12,22,30H,11,13-16H2,1-2H3. The van der Waals surface area contributed by atoms with E-state index in [2.05, 4.69) is 28.9 Å². The van der Waals surface area contributed by atoms with E-state index < -0.39 is 17.8 Å². The van der Waals surface area contributed by atoms with Crippen LogP contribution in [-0.2, 0) is 12.7 Å². The Morgan fingerprint density at radius 1 is 1.06 bits per heavy atom. The van der Waals surface area contributed by atoms with E-state index in [0.29, 0.717) is 25.4 Å². The number of hydrogen-bond acceptors (Lipinski definition) is 4. The van der Waals surface area contributed by atoms with E-state index in [1.807, 2.05) is 25.3 Å². The van der Waals surface area contributed by atoms with Crippen LogP contribution in [0.1, 0.15) is 30.0 Å². The lowest BCUT2D eigenvalue weighted by Crippen LogP contribution is -2.36. The van der Waals surface area contributed by atoms with Crippen molar-refractivity contribution in [3.05, 3.63) is 76.5 Å². The van der Waals surface area contributed by atoms with E-state index >= 15 is 0 Å². The molecule has 0 spiro atoms. The van der Waals surface area contributed by atoms with Gasteiger partial charge in [-0.2, -0.15) is 13.2 Å². The second kappa shape index (κ2) is 10.1. The van der Waals surface area contributed by atoms with Crippen molar-refractivity contribution in [1.29, 1.82) is 0 Å². The van der Waals surface area contributed by atoms with Gasteiger partial charge in [-0.05, 0) is 54.8 Å². The van der Waals surface area contributed by atoms with Gasteiger partial charge in [-0.1, -0.05) is 24.3 Å². The highest BCUT2D eigenvalue weighted by Gasteiger charge is 2.30. The molecule has 0 aliphatic carbocycles. The first-order chi connectivity index (χ1) is 14.7. The Bertz CT molecular complexity index is 937. The molecular formula is C24H27F3N2O2. The third kappa shape index (κ3) is 6.67. The molecule has 1 aliphatic heterocycles. The molecule has 0 aromatic heterocycles. The summed E-state index contributed by atoms with van der Waals surface area (Å²) in [6.07, 6.45) is -2.49. The Balaban J connectivity index is 1.61. The van der Waals surface area contributed by atoms with Crippen molar-refractivity contribution in [3.63, 3.8) is 0 Å². The van der Waals surface area contributed by atoms with E-state index in [4.69, 9.17) is 4.74 Å². The molecule has 0 saturated carbocycles. The zero-order valence-electron chi connectivity index (χ0n) is 17.7. The molecule has 1 unspecified atom stereocenters. The van der Waals surface area contributed by atoms with Crippen LogP contribution in [0.2, 0.25) is 0 Å². The molecule has 0 amide bonds. The number of benzene rings is 2. The molecule has 0 radical (unpaired) electrons. The van der Waals surface area contributed by atoms with Crippen molar-refractivity contribution in [1.82, 2.24) is 4.90 Å². The Hall–Kier alpha value is -2.64. The number of aliphatic hydroxyl groups excluding tert-OH is 1. The summed E-state index contributed by atoms with van der Waals surface area (Å²) in [7, 11) is 0. The Morgan fingerprint density at radius 3 is 2.39 bits per heavy atom. The average molecular weight is 432 g/mol. The summed E-state index contributed by atoms with van der Waals surface area (Å²) in [4.78, 5) is 6.48. The summed E-state index contributed by atoms with van der Waals surface area (Å²) in [5.41, 5.74) is 3.84. The minimum Gasteiger partial charge on any atom is -0.491 e. The van der Waals surface area contributed by atoms with Crippen molar-refractivity contribution >= 4 is 6.21 Å². The average Bonchev–Trinajstić information content (AvgIpc) is 3.12. The first-order valence-electron chi connectivity index (χ1n) is 10.2. The van der Waals surface area contributed by atoms with Gasteiger partial charge in [0.15, 0.2) is 0 Å². The molecule has 4 nitrogen and oxygen atoms in total. The maximum absolute atomic E-state index is 12.7. The van der Waals surface area contributed by atoms with Crippen molar-refractivity contribution in [2.24, 2.45) is 4.99 Å². The number of ether oxygens (including phenoxy) is 1. The molecule has 0 saturated heterocycles. The number of hydrogen-bond donors (Lipinski definition) is 1. The molecular weight excluding hydrogens is 405 g/mol. The van der Waals surface area contributed by atoms with Gasteiger partial charge in [0.05, 0.1) is 5.56 Å². The molecule has 1 heterocycles. The van der Waals surface area contributed by atoms with Crippen LogP contribution >= 0.6 is 0 Å². The van der Waals surface area contributed by atoms with Gasteiger partial charge in [0.1, 0.15) is 18.5 Å². The number of aliphatic imine (C=N–C) groups is 1. The molecule has 31 heavy (non-hydrogen) atoms. The van der Waals surface area contributed by atoms with Crippen molar-refractivity contribution in [3.8, 4) is 5.75 Å². The summed E-state index contributed by atoms with van der Waals surface area (Å²) >= 11 is 0. The minimum atomic E-state index is -4.38. The van der Waals surface area contributed by atoms with Gasteiger partial charge < -0.3 is 9.84 Å². The van der Waals surface area contributed by atoms with Crippen LogP contribution in [0.3, 0.4) is 0 Å². The second-order valence-electron chi connectivity index (χ2n) is 7.79. The minimum absolute atomic E-state index is 0.00976. The maximum atomic E-state index is 12.7. The number of alkyl halides is 3. The Kier molecular flexibility index (Phi) is 7.51. The molecule has 1 atom stereocenters. The van der Waals surface area contributed by atoms with Gasteiger partial charge in [0.25, 0.3) is 0 Å². The highest BCUT2D eigenvalue weighted by atomic mass is 19.4. The summed E-state index contributed by atoms with van der Waals surface area (Å²) in [6, 6.07) is 12.6. The van der Waals surface area contributed by atoms with Crippen molar-refractivity contribution in [2.75, 3.05) is 19.7 Å². The number of aryl methyl sites for hydroxylation is 1. The molecule has 1 N–H and O–H groups in total. The molecule has 3 rings (SSSR count). The fourth-order valence-electron chi connectivity index (χ4n) is 3.48. The lowest BCUT2D eigenvalue weighted by atomic mass is 10.1. The lowest BCUT2D eigenvalue weighted by molar-refractivity contribution is -0.137. The van der Waals surface area contributed by atoms with Gasteiger partial charge in [-0.3, -0.25) is 9.89 Å². The highest BCUT2D eigenvalue weighted by molar-refractivity contribution is 5.67. The Labute approximate surface area is 180 Å². The van der Waals surface area contributed by atoms with E-state index in [-0.39, 0.29) is 6.61 Å². The quantitative estimate of drug-likeness (QED) is 0.606. The molecule has 2 aromatic rings. The van der Waals surface area contributed by atoms with Gasteiger partial charge in [-0.25, -0.2) is 0 Å². The van der Waals surface area contributed by atoms with Crippen LogP contribution in [0, 0.1) is 6.92 Å². The van der Waals surface area contributed by atoms with Crippen molar-refractivity contribution in [2.45, 2.75) is 39.1 Å². The van der Waals surface area contributed by atoms with Gasteiger partial charge in [-0.15, -0.1) is 0 Å². The molecule has 1 aliphatic rings. The lowest BCUT2D eigenvalue weighted by Gasteiger charge is -2.26. The molecule has 0 fully saturated rings. The van der Waals surface area contributed by atoms with Crippen LogP contribution in [0.4, 0.5) is 13.2 Å². The normalized spacial score (nSPS) is 15.1. The third-order valence-corrected chi connectivity index (χ3v) is 5.30. The predicted octanol–water partition coefficient (Wildman–Crippen LogP) is 5.00. The van der Waals surface area contributed by atoms with E-state index in [1.54, 1.807) is 0 Å². The maximum Gasteiger partial charge on any atom is 0.416 e. The van der Waals surface area contributed by atoms with E-state index in [0.717, 1.165) is 24.3 Å². The topological polar surface area (TPSA) is 45.1 Å².